The van der Waals surface area contributed by atoms with Crippen molar-refractivity contribution >= 4 is 35.3 Å². The van der Waals surface area contributed by atoms with Gasteiger partial charge in [-0.05, 0) is 36.8 Å². The van der Waals surface area contributed by atoms with Gasteiger partial charge >= 0.3 is 5.97 Å². The first-order valence-electron chi connectivity index (χ1n) is 15.2. The standard InChI is InChI=1S/C31H43N5O7/c1-5-13-32-28(38)25-26(43-25)29(39)34-24(19(3)6-2)30(40)36-15-9-12-23(36)31(41)42-16-14-33-27(37)21-17-20-10-7-8-11-22(20)35(4)18-21/h7-8,10-11,18-19,23-26H,5-6,9,12-17H2,1-4H3,(H,32,38)(H,33,37)(H,34,39). The Bertz CT molecular complexity index is 1250. The Labute approximate surface area is 252 Å². The fraction of sp³-hybridized carbons (Fsp3) is 0.581. The minimum Gasteiger partial charge on any atom is -0.462 e. The van der Waals surface area contributed by atoms with Crippen molar-refractivity contribution in [2.24, 2.45) is 5.92 Å². The first-order valence-corrected chi connectivity index (χ1v) is 15.2. The van der Waals surface area contributed by atoms with Gasteiger partial charge in [0.15, 0.2) is 12.2 Å². The molecule has 0 aliphatic carbocycles. The van der Waals surface area contributed by atoms with Gasteiger partial charge in [0.1, 0.15) is 18.7 Å². The highest BCUT2D eigenvalue weighted by atomic mass is 16.6. The van der Waals surface area contributed by atoms with Gasteiger partial charge < -0.3 is 35.2 Å². The number of carbonyl (C=O) groups is 5. The molecule has 1 aromatic carbocycles. The van der Waals surface area contributed by atoms with Crippen LogP contribution < -0.4 is 20.9 Å². The fourth-order valence-corrected chi connectivity index (χ4v) is 5.46. The lowest BCUT2D eigenvalue weighted by Crippen LogP contribution is -2.55. The number of nitrogens with zero attached hydrogens (tertiary/aromatic N) is 2. The number of benzene rings is 1. The molecule has 3 aliphatic rings. The normalized spacial score (nSPS) is 22.0. The number of anilines is 1. The smallest absolute Gasteiger partial charge is 0.328 e. The van der Waals surface area contributed by atoms with Crippen molar-refractivity contribution in [1.82, 2.24) is 20.9 Å². The van der Waals surface area contributed by atoms with Gasteiger partial charge in [0.05, 0.1) is 6.54 Å². The van der Waals surface area contributed by atoms with E-state index in [0.717, 1.165) is 17.7 Å². The number of amides is 4. The Kier molecular flexibility index (Phi) is 10.8. The van der Waals surface area contributed by atoms with E-state index in [-0.39, 0.29) is 36.8 Å². The number of rotatable bonds is 13. The summed E-state index contributed by atoms with van der Waals surface area (Å²) >= 11 is 0. The summed E-state index contributed by atoms with van der Waals surface area (Å²) < 4.78 is 10.7. The number of hydrogen-bond donors (Lipinski definition) is 3. The molecule has 0 saturated carbocycles. The van der Waals surface area contributed by atoms with Crippen molar-refractivity contribution in [3.05, 3.63) is 41.6 Å². The predicted octanol–water partition coefficient (Wildman–Crippen LogP) is 1.04. The number of fused-ring (bicyclic) bond motifs is 1. The van der Waals surface area contributed by atoms with E-state index in [1.165, 1.54) is 4.90 Å². The number of ether oxygens (including phenoxy) is 2. The van der Waals surface area contributed by atoms with Gasteiger partial charge in [-0.3, -0.25) is 19.2 Å². The van der Waals surface area contributed by atoms with Crippen LogP contribution in [0.25, 0.3) is 0 Å². The predicted molar refractivity (Wildman–Crippen MR) is 159 cm³/mol. The third kappa shape index (κ3) is 7.73. The van der Waals surface area contributed by atoms with E-state index in [9.17, 15) is 24.0 Å². The van der Waals surface area contributed by atoms with Crippen LogP contribution in [0, 0.1) is 5.92 Å². The highest BCUT2D eigenvalue weighted by Crippen LogP contribution is 2.28. The molecule has 5 unspecified atom stereocenters. The van der Waals surface area contributed by atoms with Gasteiger partial charge in [0.2, 0.25) is 11.8 Å². The minimum atomic E-state index is -0.940. The number of para-hydroxylation sites is 1. The summed E-state index contributed by atoms with van der Waals surface area (Å²) in [6, 6.07) is 6.24. The first-order chi connectivity index (χ1) is 20.7. The van der Waals surface area contributed by atoms with Gasteiger partial charge in [0.25, 0.3) is 11.8 Å². The molecule has 0 spiro atoms. The molecule has 234 valence electrons. The van der Waals surface area contributed by atoms with Crippen LogP contribution in [0.2, 0.25) is 0 Å². The number of nitrogens with one attached hydrogen (secondary N) is 3. The zero-order valence-corrected chi connectivity index (χ0v) is 25.4. The third-order valence-corrected chi connectivity index (χ3v) is 8.17. The quantitative estimate of drug-likeness (QED) is 0.174. The van der Waals surface area contributed by atoms with Crippen LogP contribution >= 0.6 is 0 Å². The van der Waals surface area contributed by atoms with Crippen LogP contribution in [0.1, 0.15) is 52.0 Å². The SMILES string of the molecule is CCCNC(=O)C1OC1C(=O)NC(C(=O)N1CCCC1C(=O)OCCNC(=O)C1=CN(C)c2ccccc2C1)C(C)CC. The maximum Gasteiger partial charge on any atom is 0.328 e. The molecule has 0 aromatic heterocycles. The molecule has 3 N–H and O–H groups in total. The average Bonchev–Trinajstić information content (AvgIpc) is 3.67. The maximum atomic E-state index is 13.6. The Morgan fingerprint density at radius 3 is 2.53 bits per heavy atom. The monoisotopic (exact) mass is 597 g/mol. The molecule has 0 radical (unpaired) electrons. The second-order valence-corrected chi connectivity index (χ2v) is 11.3. The number of epoxide rings is 1. The molecule has 12 heteroatoms. The molecule has 1 aromatic rings. The average molecular weight is 598 g/mol. The molecular weight excluding hydrogens is 554 g/mol. The summed E-state index contributed by atoms with van der Waals surface area (Å²) in [5.41, 5.74) is 2.73. The zero-order chi connectivity index (χ0) is 31.1. The lowest BCUT2D eigenvalue weighted by molar-refractivity contribution is -0.154. The molecule has 5 atom stereocenters. The van der Waals surface area contributed by atoms with Crippen LogP contribution in [-0.4, -0.2) is 92.1 Å². The fourth-order valence-electron chi connectivity index (χ4n) is 5.46. The highest BCUT2D eigenvalue weighted by Gasteiger charge is 2.51. The number of carbonyl (C=O) groups excluding carboxylic acids is 5. The zero-order valence-electron chi connectivity index (χ0n) is 25.4. The summed E-state index contributed by atoms with van der Waals surface area (Å²) in [6.07, 6.45) is 2.96. The van der Waals surface area contributed by atoms with E-state index in [1.807, 2.05) is 57.0 Å². The van der Waals surface area contributed by atoms with E-state index in [1.54, 1.807) is 6.20 Å². The van der Waals surface area contributed by atoms with Crippen LogP contribution in [0.3, 0.4) is 0 Å². The van der Waals surface area contributed by atoms with E-state index >= 15 is 0 Å². The highest BCUT2D eigenvalue weighted by molar-refractivity contribution is 5.98. The van der Waals surface area contributed by atoms with E-state index in [2.05, 4.69) is 16.0 Å². The summed E-state index contributed by atoms with van der Waals surface area (Å²) in [5, 5.41) is 8.28. The molecule has 2 saturated heterocycles. The lowest BCUT2D eigenvalue weighted by Gasteiger charge is -2.31. The summed E-state index contributed by atoms with van der Waals surface area (Å²) in [4.78, 5) is 67.7. The Hall–Kier alpha value is -3.93. The van der Waals surface area contributed by atoms with Crippen LogP contribution in [0.15, 0.2) is 36.0 Å². The minimum absolute atomic E-state index is 0.0329. The topological polar surface area (TPSA) is 150 Å². The van der Waals surface area contributed by atoms with Gasteiger partial charge in [-0.15, -0.1) is 0 Å². The summed E-state index contributed by atoms with van der Waals surface area (Å²) in [5.74, 6) is -2.22. The molecule has 3 heterocycles. The van der Waals surface area contributed by atoms with E-state index in [4.69, 9.17) is 9.47 Å². The van der Waals surface area contributed by atoms with Gasteiger partial charge in [0, 0.05) is 44.0 Å². The van der Waals surface area contributed by atoms with Crippen LogP contribution in [-0.2, 0) is 39.9 Å². The lowest BCUT2D eigenvalue weighted by atomic mass is 9.97. The van der Waals surface area contributed by atoms with Crippen LogP contribution in [0.4, 0.5) is 5.69 Å². The summed E-state index contributed by atoms with van der Waals surface area (Å²) in [7, 11) is 1.89. The molecule has 2 fully saturated rings. The van der Waals surface area contributed by atoms with Crippen molar-refractivity contribution in [2.75, 3.05) is 38.2 Å². The molecular formula is C31H43N5O7. The number of likely N-dealkylation sites (tertiary alicyclic amines) is 1. The molecule has 4 rings (SSSR count). The van der Waals surface area contributed by atoms with Crippen LogP contribution in [0.5, 0.6) is 0 Å². The van der Waals surface area contributed by atoms with Gasteiger partial charge in [-0.25, -0.2) is 4.79 Å². The second kappa shape index (κ2) is 14.5. The largest absolute Gasteiger partial charge is 0.462 e. The van der Waals surface area contributed by atoms with E-state index < -0.39 is 36.2 Å². The summed E-state index contributed by atoms with van der Waals surface area (Å²) in [6.45, 7) is 6.65. The molecule has 12 nitrogen and oxygen atoms in total. The second-order valence-electron chi connectivity index (χ2n) is 11.3. The third-order valence-electron chi connectivity index (χ3n) is 8.17. The Morgan fingerprint density at radius 1 is 1.05 bits per heavy atom. The number of esters is 1. The Balaban J connectivity index is 1.26. The van der Waals surface area contributed by atoms with Gasteiger partial charge in [-0.1, -0.05) is 45.4 Å². The maximum absolute atomic E-state index is 13.6. The molecule has 0 bridgehead atoms. The van der Waals surface area contributed by atoms with E-state index in [0.29, 0.717) is 44.3 Å². The van der Waals surface area contributed by atoms with Crippen molar-refractivity contribution in [3.63, 3.8) is 0 Å². The van der Waals surface area contributed by atoms with Gasteiger partial charge in [-0.2, -0.15) is 0 Å². The van der Waals surface area contributed by atoms with Crippen molar-refractivity contribution < 1.29 is 33.4 Å². The molecule has 3 aliphatic heterocycles. The molecule has 4 amide bonds. The molecule has 43 heavy (non-hydrogen) atoms. The number of hydrogen-bond acceptors (Lipinski definition) is 8. The first kappa shape index (κ1) is 32.0. The van der Waals surface area contributed by atoms with Crippen molar-refractivity contribution in [3.8, 4) is 0 Å². The van der Waals surface area contributed by atoms with Crippen molar-refractivity contribution in [1.29, 1.82) is 0 Å². The van der Waals surface area contributed by atoms with Crippen molar-refractivity contribution in [2.45, 2.75) is 77.2 Å². The Morgan fingerprint density at radius 2 is 1.79 bits per heavy atom.